The molecule has 1 aromatic carbocycles. The molecule has 22 heavy (non-hydrogen) atoms. The third-order valence-electron chi connectivity index (χ3n) is 3.22. The first-order valence-electron chi connectivity index (χ1n) is 7.24. The minimum atomic E-state index is 0.622. The number of para-hydroxylation sites is 1. The van der Waals surface area contributed by atoms with E-state index in [1.54, 1.807) is 6.20 Å². The molecule has 0 aliphatic carbocycles. The highest BCUT2D eigenvalue weighted by molar-refractivity contribution is 5.32. The molecule has 0 aliphatic rings. The van der Waals surface area contributed by atoms with Gasteiger partial charge < -0.3 is 14.5 Å². The number of hydrogen-bond acceptors (Lipinski definition) is 4. The number of benzene rings is 1. The van der Waals surface area contributed by atoms with E-state index >= 15 is 0 Å². The molecule has 0 unspecified atom stereocenters. The maximum atomic E-state index is 5.84. The van der Waals surface area contributed by atoms with Gasteiger partial charge in [0.2, 0.25) is 5.88 Å². The summed E-state index contributed by atoms with van der Waals surface area (Å²) >= 11 is 0. The van der Waals surface area contributed by atoms with Gasteiger partial charge in [0.05, 0.1) is 6.54 Å². The average Bonchev–Trinajstić information content (AvgIpc) is 2.95. The lowest BCUT2D eigenvalue weighted by molar-refractivity contribution is 0.443. The van der Waals surface area contributed by atoms with Gasteiger partial charge in [-0.25, -0.2) is 4.98 Å². The van der Waals surface area contributed by atoms with Gasteiger partial charge in [0.25, 0.3) is 0 Å². The molecule has 0 spiro atoms. The van der Waals surface area contributed by atoms with Crippen molar-refractivity contribution in [2.45, 2.75) is 20.0 Å². The lowest BCUT2D eigenvalue weighted by atomic mass is 10.2. The van der Waals surface area contributed by atoms with Gasteiger partial charge in [-0.2, -0.15) is 0 Å². The Labute approximate surface area is 129 Å². The summed E-state index contributed by atoms with van der Waals surface area (Å²) in [6, 6.07) is 17.5. The van der Waals surface area contributed by atoms with Gasteiger partial charge in [0.1, 0.15) is 17.3 Å². The van der Waals surface area contributed by atoms with Crippen molar-refractivity contribution in [3.8, 4) is 11.6 Å². The van der Waals surface area contributed by atoms with E-state index in [9.17, 15) is 0 Å². The van der Waals surface area contributed by atoms with Crippen LogP contribution in [0, 0.1) is 6.92 Å². The monoisotopic (exact) mass is 294 g/mol. The minimum absolute atomic E-state index is 0.622. The van der Waals surface area contributed by atoms with Gasteiger partial charge in [0.15, 0.2) is 0 Å². The SMILES string of the molecule is Cc1ccc(CNCc2cccnc2Oc2ccccc2)o1. The number of rotatable bonds is 6. The van der Waals surface area contributed by atoms with Crippen molar-refractivity contribution in [3.63, 3.8) is 0 Å². The third kappa shape index (κ3) is 3.74. The number of aromatic nitrogens is 1. The Balaban J connectivity index is 1.63. The first-order valence-corrected chi connectivity index (χ1v) is 7.24. The topological polar surface area (TPSA) is 47.3 Å². The summed E-state index contributed by atoms with van der Waals surface area (Å²) in [6.07, 6.45) is 1.73. The molecule has 0 radical (unpaired) electrons. The second-order valence-corrected chi connectivity index (χ2v) is 5.00. The summed E-state index contributed by atoms with van der Waals surface area (Å²) in [5, 5.41) is 3.34. The Morgan fingerprint density at radius 3 is 2.64 bits per heavy atom. The van der Waals surface area contributed by atoms with Crippen LogP contribution in [0.25, 0.3) is 0 Å². The normalized spacial score (nSPS) is 10.6. The predicted octanol–water partition coefficient (Wildman–Crippen LogP) is 4.07. The van der Waals surface area contributed by atoms with Crippen LogP contribution in [-0.4, -0.2) is 4.98 Å². The average molecular weight is 294 g/mol. The molecule has 0 saturated carbocycles. The maximum Gasteiger partial charge on any atom is 0.223 e. The number of nitrogens with one attached hydrogen (secondary N) is 1. The Kier molecular flexibility index (Phi) is 4.51. The van der Waals surface area contributed by atoms with E-state index in [1.807, 2.05) is 61.5 Å². The molecule has 0 bridgehead atoms. The Bertz CT molecular complexity index is 723. The molecule has 1 N–H and O–H groups in total. The van der Waals surface area contributed by atoms with Gasteiger partial charge >= 0.3 is 0 Å². The highest BCUT2D eigenvalue weighted by Gasteiger charge is 2.06. The third-order valence-corrected chi connectivity index (χ3v) is 3.22. The number of aryl methyl sites for hydroxylation is 1. The van der Waals surface area contributed by atoms with Crippen molar-refractivity contribution in [1.82, 2.24) is 10.3 Å². The molecule has 2 heterocycles. The van der Waals surface area contributed by atoms with Crippen LogP contribution in [0.1, 0.15) is 17.1 Å². The van der Waals surface area contributed by atoms with E-state index in [4.69, 9.17) is 9.15 Å². The zero-order chi connectivity index (χ0) is 15.2. The summed E-state index contributed by atoms with van der Waals surface area (Å²) in [5.41, 5.74) is 1.01. The van der Waals surface area contributed by atoms with Gasteiger partial charge in [-0.1, -0.05) is 24.3 Å². The summed E-state index contributed by atoms with van der Waals surface area (Å²) in [7, 11) is 0. The fourth-order valence-electron chi connectivity index (χ4n) is 2.15. The van der Waals surface area contributed by atoms with Crippen LogP contribution in [-0.2, 0) is 13.1 Å². The summed E-state index contributed by atoms with van der Waals surface area (Å²) in [6.45, 7) is 3.28. The molecule has 2 aromatic heterocycles. The van der Waals surface area contributed by atoms with Gasteiger partial charge in [-0.05, 0) is 37.3 Å². The van der Waals surface area contributed by atoms with E-state index in [1.165, 1.54) is 0 Å². The smallest absolute Gasteiger partial charge is 0.223 e. The number of pyridine rings is 1. The lowest BCUT2D eigenvalue weighted by Crippen LogP contribution is -2.13. The van der Waals surface area contributed by atoms with Crippen molar-refractivity contribution in [2.75, 3.05) is 0 Å². The van der Waals surface area contributed by atoms with Crippen LogP contribution in [0.5, 0.6) is 11.6 Å². The molecule has 112 valence electrons. The number of furan rings is 1. The second kappa shape index (κ2) is 6.91. The van der Waals surface area contributed by atoms with E-state index in [0.29, 0.717) is 19.0 Å². The Morgan fingerprint density at radius 1 is 1.00 bits per heavy atom. The van der Waals surface area contributed by atoms with Gasteiger partial charge in [-0.15, -0.1) is 0 Å². The Hall–Kier alpha value is -2.59. The lowest BCUT2D eigenvalue weighted by Gasteiger charge is -2.10. The maximum absolute atomic E-state index is 5.84. The van der Waals surface area contributed by atoms with E-state index in [-0.39, 0.29) is 0 Å². The van der Waals surface area contributed by atoms with Crippen LogP contribution in [0.3, 0.4) is 0 Å². The summed E-state index contributed by atoms with van der Waals surface area (Å²) < 4.78 is 11.4. The fourth-order valence-corrected chi connectivity index (χ4v) is 2.15. The molecular weight excluding hydrogens is 276 g/mol. The van der Waals surface area contributed by atoms with Crippen molar-refractivity contribution in [1.29, 1.82) is 0 Å². The van der Waals surface area contributed by atoms with Crippen LogP contribution >= 0.6 is 0 Å². The predicted molar refractivity (Wildman–Crippen MR) is 84.7 cm³/mol. The van der Waals surface area contributed by atoms with Crippen LogP contribution < -0.4 is 10.1 Å². The van der Waals surface area contributed by atoms with Crippen molar-refractivity contribution in [2.24, 2.45) is 0 Å². The fraction of sp³-hybridized carbons (Fsp3) is 0.167. The molecule has 0 saturated heterocycles. The summed E-state index contributed by atoms with van der Waals surface area (Å²) in [5.74, 6) is 3.25. The van der Waals surface area contributed by atoms with E-state index in [2.05, 4.69) is 10.3 Å². The first kappa shape index (κ1) is 14.4. The number of ether oxygens (including phenoxy) is 1. The zero-order valence-corrected chi connectivity index (χ0v) is 12.5. The van der Waals surface area contributed by atoms with Crippen LogP contribution in [0.4, 0.5) is 0 Å². The van der Waals surface area contributed by atoms with Crippen molar-refractivity contribution < 1.29 is 9.15 Å². The summed E-state index contributed by atoms with van der Waals surface area (Å²) in [4.78, 5) is 4.32. The van der Waals surface area contributed by atoms with E-state index < -0.39 is 0 Å². The van der Waals surface area contributed by atoms with Crippen LogP contribution in [0.2, 0.25) is 0 Å². The zero-order valence-electron chi connectivity index (χ0n) is 12.5. The first-order chi connectivity index (χ1) is 10.8. The second-order valence-electron chi connectivity index (χ2n) is 5.00. The van der Waals surface area contributed by atoms with Crippen LogP contribution in [0.15, 0.2) is 65.2 Å². The Morgan fingerprint density at radius 2 is 1.86 bits per heavy atom. The quantitative estimate of drug-likeness (QED) is 0.744. The number of hydrogen-bond donors (Lipinski definition) is 1. The standard InChI is InChI=1S/C18H18N2O2/c1-14-9-10-17(21-14)13-19-12-15-6-5-11-20-18(15)22-16-7-3-2-4-8-16/h2-11,19H,12-13H2,1H3. The van der Waals surface area contributed by atoms with E-state index in [0.717, 1.165) is 22.8 Å². The highest BCUT2D eigenvalue weighted by Crippen LogP contribution is 2.22. The molecule has 0 amide bonds. The van der Waals surface area contributed by atoms with Crippen molar-refractivity contribution >= 4 is 0 Å². The minimum Gasteiger partial charge on any atom is -0.465 e. The molecule has 4 nitrogen and oxygen atoms in total. The number of nitrogens with zero attached hydrogens (tertiary/aromatic N) is 1. The largest absolute Gasteiger partial charge is 0.465 e. The molecule has 0 fully saturated rings. The molecular formula is C18H18N2O2. The molecule has 0 atom stereocenters. The molecule has 4 heteroatoms. The van der Waals surface area contributed by atoms with Gasteiger partial charge in [0, 0.05) is 18.3 Å². The molecule has 0 aliphatic heterocycles. The highest BCUT2D eigenvalue weighted by atomic mass is 16.5. The van der Waals surface area contributed by atoms with Gasteiger partial charge in [-0.3, -0.25) is 0 Å². The molecule has 3 aromatic rings. The molecule has 3 rings (SSSR count). The van der Waals surface area contributed by atoms with Crippen molar-refractivity contribution in [3.05, 3.63) is 77.9 Å².